The fourth-order valence-electron chi connectivity index (χ4n) is 3.51. The maximum Gasteiger partial charge on any atom is 0.262 e. The lowest BCUT2D eigenvalue weighted by Crippen LogP contribution is -2.38. The molecule has 1 fully saturated rings. The van der Waals surface area contributed by atoms with Gasteiger partial charge in [0.25, 0.3) is 15.9 Å². The molecule has 1 saturated heterocycles. The zero-order chi connectivity index (χ0) is 22.4. The lowest BCUT2D eigenvalue weighted by Gasteiger charge is -2.26. The van der Waals surface area contributed by atoms with E-state index in [4.69, 9.17) is 4.74 Å². The van der Waals surface area contributed by atoms with Gasteiger partial charge in [-0.1, -0.05) is 18.2 Å². The SMILES string of the molecule is Cc1ccc(C)c(NS(=O)(=O)c2cc(C(=O)NCCCN3CCOCC3)ccc2C)c1. The topological polar surface area (TPSA) is 87.7 Å². The minimum atomic E-state index is -3.83. The first kappa shape index (κ1) is 23.2. The standard InChI is InChI=1S/C23H31N3O4S/c1-17-5-6-18(2)21(15-17)25-31(28,29)22-16-20(8-7-19(22)3)23(27)24-9-4-10-26-11-13-30-14-12-26/h5-8,15-16,25H,4,9-14H2,1-3H3,(H,24,27). The Balaban J connectivity index is 1.65. The van der Waals surface area contributed by atoms with Crippen molar-refractivity contribution in [2.45, 2.75) is 32.1 Å². The number of carbonyl (C=O) groups excluding carboxylic acids is 1. The molecular formula is C23H31N3O4S. The van der Waals surface area contributed by atoms with Gasteiger partial charge in [0.15, 0.2) is 0 Å². The highest BCUT2D eigenvalue weighted by Gasteiger charge is 2.20. The van der Waals surface area contributed by atoms with Crippen LogP contribution in [0.5, 0.6) is 0 Å². The third-order valence-corrected chi connectivity index (χ3v) is 6.93. The molecule has 0 spiro atoms. The van der Waals surface area contributed by atoms with E-state index in [-0.39, 0.29) is 10.8 Å². The summed E-state index contributed by atoms with van der Waals surface area (Å²) in [6, 6.07) is 10.4. The molecule has 1 heterocycles. The summed E-state index contributed by atoms with van der Waals surface area (Å²) in [5.74, 6) is -0.273. The molecule has 2 N–H and O–H groups in total. The lowest BCUT2D eigenvalue weighted by atomic mass is 10.1. The van der Waals surface area contributed by atoms with Crippen molar-refractivity contribution >= 4 is 21.6 Å². The molecule has 1 amide bonds. The number of rotatable bonds is 8. The Morgan fingerprint density at radius 3 is 2.48 bits per heavy atom. The summed E-state index contributed by atoms with van der Waals surface area (Å²) in [6.45, 7) is 10.3. The van der Waals surface area contributed by atoms with Gasteiger partial charge < -0.3 is 10.1 Å². The van der Waals surface area contributed by atoms with E-state index in [2.05, 4.69) is 14.9 Å². The molecule has 0 bridgehead atoms. The normalized spacial score (nSPS) is 14.9. The van der Waals surface area contributed by atoms with Crippen LogP contribution in [0.25, 0.3) is 0 Å². The summed E-state index contributed by atoms with van der Waals surface area (Å²) in [5, 5.41) is 2.89. The van der Waals surface area contributed by atoms with Crippen LogP contribution in [-0.2, 0) is 14.8 Å². The van der Waals surface area contributed by atoms with Crippen LogP contribution in [0, 0.1) is 20.8 Å². The van der Waals surface area contributed by atoms with Gasteiger partial charge in [0.1, 0.15) is 0 Å². The van der Waals surface area contributed by atoms with Crippen molar-refractivity contribution in [1.82, 2.24) is 10.2 Å². The van der Waals surface area contributed by atoms with Crippen molar-refractivity contribution < 1.29 is 17.9 Å². The molecule has 2 aromatic carbocycles. The Bertz CT molecular complexity index is 1030. The summed E-state index contributed by atoms with van der Waals surface area (Å²) in [6.07, 6.45) is 0.830. The van der Waals surface area contributed by atoms with Gasteiger partial charge >= 0.3 is 0 Å². The number of aryl methyl sites for hydroxylation is 3. The second-order valence-corrected chi connectivity index (χ2v) is 9.62. The highest BCUT2D eigenvalue weighted by atomic mass is 32.2. The molecule has 31 heavy (non-hydrogen) atoms. The van der Waals surface area contributed by atoms with Gasteiger partial charge in [-0.25, -0.2) is 8.42 Å². The molecule has 2 aromatic rings. The van der Waals surface area contributed by atoms with E-state index in [0.717, 1.165) is 50.4 Å². The van der Waals surface area contributed by atoms with E-state index in [1.165, 1.54) is 6.07 Å². The molecule has 168 valence electrons. The van der Waals surface area contributed by atoms with E-state index in [9.17, 15) is 13.2 Å². The number of hydrogen-bond donors (Lipinski definition) is 2. The number of nitrogens with zero attached hydrogens (tertiary/aromatic N) is 1. The molecule has 0 unspecified atom stereocenters. The number of amides is 1. The Kier molecular flexibility index (Phi) is 7.69. The predicted molar refractivity (Wildman–Crippen MR) is 122 cm³/mol. The van der Waals surface area contributed by atoms with Crippen molar-refractivity contribution in [2.24, 2.45) is 0 Å². The third kappa shape index (κ3) is 6.29. The zero-order valence-electron chi connectivity index (χ0n) is 18.4. The first-order valence-electron chi connectivity index (χ1n) is 10.6. The molecule has 3 rings (SSSR count). The maximum atomic E-state index is 13.0. The monoisotopic (exact) mass is 445 g/mol. The molecule has 1 aliphatic heterocycles. The summed E-state index contributed by atoms with van der Waals surface area (Å²) in [5.41, 5.74) is 3.25. The average Bonchev–Trinajstić information content (AvgIpc) is 2.74. The molecule has 0 aromatic heterocycles. The zero-order valence-corrected chi connectivity index (χ0v) is 19.2. The number of nitrogens with one attached hydrogen (secondary N) is 2. The average molecular weight is 446 g/mol. The second kappa shape index (κ2) is 10.3. The minimum absolute atomic E-state index is 0.106. The van der Waals surface area contributed by atoms with Crippen molar-refractivity contribution in [1.29, 1.82) is 0 Å². The number of anilines is 1. The van der Waals surface area contributed by atoms with Gasteiger partial charge in [0, 0.05) is 25.2 Å². The van der Waals surface area contributed by atoms with Crippen molar-refractivity contribution in [3.8, 4) is 0 Å². The molecular weight excluding hydrogens is 414 g/mol. The Morgan fingerprint density at radius 2 is 1.74 bits per heavy atom. The van der Waals surface area contributed by atoms with E-state index < -0.39 is 10.0 Å². The number of hydrogen-bond acceptors (Lipinski definition) is 5. The van der Waals surface area contributed by atoms with Crippen LogP contribution in [0.1, 0.15) is 33.5 Å². The predicted octanol–water partition coefficient (Wildman–Crippen LogP) is 2.86. The Morgan fingerprint density at radius 1 is 1.03 bits per heavy atom. The highest BCUT2D eigenvalue weighted by molar-refractivity contribution is 7.92. The summed E-state index contributed by atoms with van der Waals surface area (Å²) < 4.78 is 34.1. The first-order valence-corrected chi connectivity index (χ1v) is 12.0. The third-order valence-electron chi connectivity index (χ3n) is 5.42. The number of benzene rings is 2. The molecule has 0 aliphatic carbocycles. The fraction of sp³-hybridized carbons (Fsp3) is 0.435. The summed E-state index contributed by atoms with van der Waals surface area (Å²) in [7, 11) is -3.83. The van der Waals surface area contributed by atoms with E-state index in [1.54, 1.807) is 25.1 Å². The van der Waals surface area contributed by atoms with Crippen LogP contribution in [0.2, 0.25) is 0 Å². The van der Waals surface area contributed by atoms with Gasteiger partial charge in [-0.2, -0.15) is 0 Å². The van der Waals surface area contributed by atoms with Crippen LogP contribution >= 0.6 is 0 Å². The van der Waals surface area contributed by atoms with Gasteiger partial charge in [0.2, 0.25) is 0 Å². The minimum Gasteiger partial charge on any atom is -0.379 e. The molecule has 1 aliphatic rings. The molecule has 7 nitrogen and oxygen atoms in total. The lowest BCUT2D eigenvalue weighted by molar-refractivity contribution is 0.0374. The smallest absolute Gasteiger partial charge is 0.262 e. The first-order chi connectivity index (χ1) is 14.8. The van der Waals surface area contributed by atoms with Crippen LogP contribution in [0.3, 0.4) is 0 Å². The van der Waals surface area contributed by atoms with Crippen LogP contribution < -0.4 is 10.0 Å². The second-order valence-electron chi connectivity index (χ2n) is 7.97. The van der Waals surface area contributed by atoms with E-state index >= 15 is 0 Å². The number of carbonyl (C=O) groups is 1. The maximum absolute atomic E-state index is 13.0. The summed E-state index contributed by atoms with van der Waals surface area (Å²) >= 11 is 0. The largest absolute Gasteiger partial charge is 0.379 e. The molecule has 0 saturated carbocycles. The van der Waals surface area contributed by atoms with Gasteiger partial charge in [-0.15, -0.1) is 0 Å². The summed E-state index contributed by atoms with van der Waals surface area (Å²) in [4.78, 5) is 15.0. The number of morpholine rings is 1. The Hall–Kier alpha value is -2.42. The van der Waals surface area contributed by atoms with E-state index in [0.29, 0.717) is 23.4 Å². The van der Waals surface area contributed by atoms with Crippen molar-refractivity contribution in [3.63, 3.8) is 0 Å². The van der Waals surface area contributed by atoms with Crippen molar-refractivity contribution in [2.75, 3.05) is 44.1 Å². The number of sulfonamides is 1. The molecule has 8 heteroatoms. The molecule has 0 atom stereocenters. The quantitative estimate of drug-likeness (QED) is 0.610. The fourth-order valence-corrected chi connectivity index (χ4v) is 4.90. The molecule has 0 radical (unpaired) electrons. The van der Waals surface area contributed by atoms with Gasteiger partial charge in [-0.3, -0.25) is 14.4 Å². The van der Waals surface area contributed by atoms with Crippen LogP contribution in [0.15, 0.2) is 41.3 Å². The van der Waals surface area contributed by atoms with Crippen molar-refractivity contribution in [3.05, 3.63) is 58.7 Å². The van der Waals surface area contributed by atoms with E-state index in [1.807, 2.05) is 26.0 Å². The van der Waals surface area contributed by atoms with Crippen LogP contribution in [-0.4, -0.2) is 58.6 Å². The van der Waals surface area contributed by atoms with Crippen LogP contribution in [0.4, 0.5) is 5.69 Å². The van der Waals surface area contributed by atoms with Gasteiger partial charge in [0.05, 0.1) is 23.8 Å². The van der Waals surface area contributed by atoms with Gasteiger partial charge in [-0.05, 0) is 68.6 Å². The highest BCUT2D eigenvalue weighted by Crippen LogP contribution is 2.23. The number of ether oxygens (including phenoxy) is 1. The Labute approximate surface area is 184 Å².